The zero-order chi connectivity index (χ0) is 18.5. The summed E-state index contributed by atoms with van der Waals surface area (Å²) in [5, 5.41) is 0. The van der Waals surface area contributed by atoms with E-state index < -0.39 is 0 Å². The lowest BCUT2D eigenvalue weighted by molar-refractivity contribution is -0.134. The molecule has 136 valence electrons. The van der Waals surface area contributed by atoms with Gasteiger partial charge in [0.2, 0.25) is 5.91 Å². The van der Waals surface area contributed by atoms with Crippen molar-refractivity contribution < 1.29 is 9.59 Å². The van der Waals surface area contributed by atoms with Gasteiger partial charge in [-0.25, -0.2) is 0 Å². The van der Waals surface area contributed by atoms with Gasteiger partial charge in [-0.3, -0.25) is 9.59 Å². The topological polar surface area (TPSA) is 40.6 Å². The smallest absolute Gasteiger partial charge is 0.254 e. The number of carbonyl (C=O) groups is 2. The first-order valence-electron chi connectivity index (χ1n) is 9.41. The average Bonchev–Trinajstić information content (AvgIpc) is 3.19. The molecule has 0 aliphatic carbocycles. The number of nitrogens with zero attached hydrogens (tertiary/aromatic N) is 2. The third kappa shape index (κ3) is 3.64. The molecule has 1 saturated heterocycles. The fourth-order valence-electron chi connectivity index (χ4n) is 3.61. The third-order valence-corrected chi connectivity index (χ3v) is 5.11. The summed E-state index contributed by atoms with van der Waals surface area (Å²) in [5.74, 6) is 0.0226. The molecule has 1 atom stereocenters. The van der Waals surface area contributed by atoms with Gasteiger partial charge in [-0.05, 0) is 49.9 Å². The van der Waals surface area contributed by atoms with E-state index >= 15 is 0 Å². The van der Waals surface area contributed by atoms with Gasteiger partial charge in [-0.2, -0.15) is 0 Å². The van der Waals surface area contributed by atoms with Crippen molar-refractivity contribution in [2.75, 3.05) is 19.6 Å². The van der Waals surface area contributed by atoms with Crippen LogP contribution in [0.25, 0.3) is 11.1 Å². The molecule has 1 fully saturated rings. The van der Waals surface area contributed by atoms with Crippen molar-refractivity contribution in [2.24, 2.45) is 0 Å². The maximum absolute atomic E-state index is 13.0. The molecule has 2 amide bonds. The van der Waals surface area contributed by atoms with Gasteiger partial charge in [0.15, 0.2) is 0 Å². The lowest BCUT2D eigenvalue weighted by Gasteiger charge is -2.29. The summed E-state index contributed by atoms with van der Waals surface area (Å²) in [6, 6.07) is 17.4. The van der Waals surface area contributed by atoms with Gasteiger partial charge < -0.3 is 9.80 Å². The lowest BCUT2D eigenvalue weighted by atomic mass is 10.0. The molecule has 2 aromatic rings. The van der Waals surface area contributed by atoms with Crippen LogP contribution in [0.2, 0.25) is 0 Å². The lowest BCUT2D eigenvalue weighted by Crippen LogP contribution is -2.47. The fourth-order valence-corrected chi connectivity index (χ4v) is 3.61. The van der Waals surface area contributed by atoms with E-state index in [0.717, 1.165) is 24.0 Å². The van der Waals surface area contributed by atoms with Crippen molar-refractivity contribution in [3.05, 3.63) is 60.2 Å². The molecular weight excluding hydrogens is 324 g/mol. The van der Waals surface area contributed by atoms with Crippen molar-refractivity contribution >= 4 is 11.8 Å². The van der Waals surface area contributed by atoms with E-state index in [4.69, 9.17) is 0 Å². The van der Waals surface area contributed by atoms with Gasteiger partial charge >= 0.3 is 0 Å². The van der Waals surface area contributed by atoms with Gasteiger partial charge in [-0.1, -0.05) is 42.5 Å². The second-order valence-electron chi connectivity index (χ2n) is 6.61. The molecule has 1 heterocycles. The molecule has 0 aromatic heterocycles. The number of likely N-dealkylation sites (N-methyl/N-ethyl adjacent to an activating group) is 1. The summed E-state index contributed by atoms with van der Waals surface area (Å²) in [7, 11) is 0. The Morgan fingerprint density at radius 1 is 0.962 bits per heavy atom. The summed E-state index contributed by atoms with van der Waals surface area (Å²) in [4.78, 5) is 29.3. The maximum Gasteiger partial charge on any atom is 0.254 e. The predicted molar refractivity (Wildman–Crippen MR) is 104 cm³/mol. The normalized spacial score (nSPS) is 16.5. The largest absolute Gasteiger partial charge is 0.341 e. The number of amides is 2. The number of rotatable bonds is 5. The van der Waals surface area contributed by atoms with E-state index in [-0.39, 0.29) is 17.9 Å². The summed E-state index contributed by atoms with van der Waals surface area (Å²) < 4.78 is 0. The summed E-state index contributed by atoms with van der Waals surface area (Å²) in [6.45, 7) is 5.96. The first kappa shape index (κ1) is 18.2. The van der Waals surface area contributed by atoms with E-state index in [9.17, 15) is 9.59 Å². The SMILES string of the molecule is CCN(CC)C(=O)C1CCCN1C(=O)c1ccc(-c2ccccc2)cc1. The second kappa shape index (κ2) is 8.17. The van der Waals surface area contributed by atoms with Gasteiger partial charge in [0.25, 0.3) is 5.91 Å². The number of carbonyl (C=O) groups excluding carboxylic acids is 2. The molecule has 0 radical (unpaired) electrons. The Labute approximate surface area is 155 Å². The minimum atomic E-state index is -0.323. The second-order valence-corrected chi connectivity index (χ2v) is 6.61. The zero-order valence-corrected chi connectivity index (χ0v) is 15.5. The van der Waals surface area contributed by atoms with Crippen LogP contribution in [0.5, 0.6) is 0 Å². The van der Waals surface area contributed by atoms with Crippen LogP contribution in [-0.4, -0.2) is 47.3 Å². The van der Waals surface area contributed by atoms with Gasteiger partial charge in [0.05, 0.1) is 0 Å². The highest BCUT2D eigenvalue weighted by Gasteiger charge is 2.36. The highest BCUT2D eigenvalue weighted by atomic mass is 16.2. The minimum absolute atomic E-state index is 0.0485. The van der Waals surface area contributed by atoms with Crippen LogP contribution in [0.1, 0.15) is 37.0 Å². The van der Waals surface area contributed by atoms with Crippen LogP contribution in [0.4, 0.5) is 0 Å². The van der Waals surface area contributed by atoms with Gasteiger partial charge in [0.1, 0.15) is 6.04 Å². The molecule has 1 aliphatic heterocycles. The van der Waals surface area contributed by atoms with E-state index in [1.165, 1.54) is 0 Å². The molecular formula is C22H26N2O2. The Morgan fingerprint density at radius 3 is 2.19 bits per heavy atom. The quantitative estimate of drug-likeness (QED) is 0.822. The Hall–Kier alpha value is -2.62. The summed E-state index contributed by atoms with van der Waals surface area (Å²) >= 11 is 0. The van der Waals surface area contributed by atoms with Crippen molar-refractivity contribution in [1.82, 2.24) is 9.80 Å². The van der Waals surface area contributed by atoms with Crippen molar-refractivity contribution in [3.8, 4) is 11.1 Å². The van der Waals surface area contributed by atoms with Crippen molar-refractivity contribution in [2.45, 2.75) is 32.7 Å². The van der Waals surface area contributed by atoms with Gasteiger partial charge in [-0.15, -0.1) is 0 Å². The maximum atomic E-state index is 13.0. The average molecular weight is 350 g/mol. The molecule has 1 aliphatic rings. The molecule has 4 nitrogen and oxygen atoms in total. The van der Waals surface area contributed by atoms with Gasteiger partial charge in [0, 0.05) is 25.2 Å². The highest BCUT2D eigenvalue weighted by Crippen LogP contribution is 2.24. The Balaban J connectivity index is 1.77. The Kier molecular flexibility index (Phi) is 5.71. The Bertz CT molecular complexity index is 751. The fraction of sp³-hybridized carbons (Fsp3) is 0.364. The number of likely N-dealkylation sites (tertiary alicyclic amines) is 1. The van der Waals surface area contributed by atoms with Crippen LogP contribution >= 0.6 is 0 Å². The summed E-state index contributed by atoms with van der Waals surface area (Å²) in [5.41, 5.74) is 2.85. The highest BCUT2D eigenvalue weighted by molar-refractivity contribution is 5.98. The molecule has 0 bridgehead atoms. The molecule has 0 saturated carbocycles. The predicted octanol–water partition coefficient (Wildman–Crippen LogP) is 3.83. The molecule has 3 rings (SSSR count). The van der Waals surface area contributed by atoms with Crippen LogP contribution < -0.4 is 0 Å². The van der Waals surface area contributed by atoms with Crippen LogP contribution in [-0.2, 0) is 4.79 Å². The first-order chi connectivity index (χ1) is 12.7. The van der Waals surface area contributed by atoms with Crippen LogP contribution in [0.3, 0.4) is 0 Å². The zero-order valence-electron chi connectivity index (χ0n) is 15.5. The Morgan fingerprint density at radius 2 is 1.58 bits per heavy atom. The third-order valence-electron chi connectivity index (χ3n) is 5.11. The number of hydrogen-bond donors (Lipinski definition) is 0. The summed E-state index contributed by atoms with van der Waals surface area (Å²) in [6.07, 6.45) is 1.63. The van der Waals surface area contributed by atoms with Crippen molar-refractivity contribution in [3.63, 3.8) is 0 Å². The standard InChI is InChI=1S/C22H26N2O2/c1-3-23(4-2)22(26)20-11-8-16-24(20)21(25)19-14-12-18(13-15-19)17-9-6-5-7-10-17/h5-7,9-10,12-15,20H,3-4,8,11,16H2,1-2H3. The van der Waals surface area contributed by atoms with E-state index in [1.807, 2.05) is 61.2 Å². The van der Waals surface area contributed by atoms with Crippen LogP contribution in [0, 0.1) is 0 Å². The molecule has 0 N–H and O–H groups in total. The molecule has 1 unspecified atom stereocenters. The van der Waals surface area contributed by atoms with E-state index in [2.05, 4.69) is 12.1 Å². The monoisotopic (exact) mass is 350 g/mol. The molecule has 4 heteroatoms. The first-order valence-corrected chi connectivity index (χ1v) is 9.41. The van der Waals surface area contributed by atoms with Crippen LogP contribution in [0.15, 0.2) is 54.6 Å². The molecule has 26 heavy (non-hydrogen) atoms. The molecule has 0 spiro atoms. The number of hydrogen-bond acceptors (Lipinski definition) is 2. The van der Waals surface area contributed by atoms with E-state index in [1.54, 1.807) is 4.90 Å². The minimum Gasteiger partial charge on any atom is -0.341 e. The number of benzene rings is 2. The molecule has 2 aromatic carbocycles. The van der Waals surface area contributed by atoms with Crippen molar-refractivity contribution in [1.29, 1.82) is 0 Å². The van der Waals surface area contributed by atoms with E-state index in [0.29, 0.717) is 25.2 Å².